The second-order valence-electron chi connectivity index (χ2n) is 6.57. The van der Waals surface area contributed by atoms with Gasteiger partial charge >= 0.3 is 0 Å². The fourth-order valence-electron chi connectivity index (χ4n) is 2.85. The van der Waals surface area contributed by atoms with Crippen molar-refractivity contribution in [3.8, 4) is 0 Å². The van der Waals surface area contributed by atoms with E-state index in [-0.39, 0.29) is 5.91 Å². The first-order chi connectivity index (χ1) is 13.5. The van der Waals surface area contributed by atoms with Crippen LogP contribution in [0, 0.1) is 20.8 Å². The van der Waals surface area contributed by atoms with E-state index >= 15 is 0 Å². The number of aryl methyl sites for hydroxylation is 3. The molecule has 2 heterocycles. The van der Waals surface area contributed by atoms with Gasteiger partial charge in [-0.3, -0.25) is 4.79 Å². The number of rotatable bonds is 4. The van der Waals surface area contributed by atoms with Crippen LogP contribution in [0.5, 0.6) is 0 Å². The van der Waals surface area contributed by atoms with Gasteiger partial charge in [0.25, 0.3) is 5.91 Å². The molecule has 0 saturated heterocycles. The molecule has 0 aliphatic heterocycles. The molecule has 5 nitrogen and oxygen atoms in total. The third kappa shape index (κ3) is 3.77. The molecule has 4 aromatic rings. The molecule has 0 saturated carbocycles. The Hall–Kier alpha value is -3.12. The van der Waals surface area contributed by atoms with Crippen LogP contribution < -0.4 is 5.32 Å². The lowest BCUT2D eigenvalue weighted by molar-refractivity contribution is 0.102. The molecule has 0 aliphatic rings. The van der Waals surface area contributed by atoms with Gasteiger partial charge in [-0.05, 0) is 67.4 Å². The second-order valence-corrected chi connectivity index (χ2v) is 7.64. The molecule has 0 atom stereocenters. The Bertz CT molecular complexity index is 1180. The molecule has 1 amide bonds. The number of nitrogens with one attached hydrogen (secondary N) is 1. The van der Waals surface area contributed by atoms with Gasteiger partial charge in [0.1, 0.15) is 10.5 Å². The van der Waals surface area contributed by atoms with E-state index in [4.69, 9.17) is 4.42 Å². The van der Waals surface area contributed by atoms with Gasteiger partial charge in [-0.25, -0.2) is 9.97 Å². The number of anilines is 1. The van der Waals surface area contributed by atoms with E-state index < -0.39 is 0 Å². The number of carbonyl (C=O) groups excluding carboxylic acids is 1. The average molecular weight is 389 g/mol. The minimum atomic E-state index is -0.209. The number of aromatic nitrogens is 2. The lowest BCUT2D eigenvalue weighted by atomic mass is 10.1. The third-order valence-electron chi connectivity index (χ3n) is 4.46. The molecule has 0 fully saturated rings. The minimum Gasteiger partial charge on any atom is -0.441 e. The van der Waals surface area contributed by atoms with Gasteiger partial charge in [0, 0.05) is 23.7 Å². The Balaban J connectivity index is 1.59. The van der Waals surface area contributed by atoms with Crippen LogP contribution in [-0.2, 0) is 0 Å². The largest absolute Gasteiger partial charge is 0.441 e. The van der Waals surface area contributed by atoms with Crippen LogP contribution in [0.3, 0.4) is 0 Å². The van der Waals surface area contributed by atoms with Crippen molar-refractivity contribution < 1.29 is 9.21 Å². The SMILES string of the molecule is Cc1nc2cc(NC(=O)c3cccnc3Sc3ccc(C)c(C)c3)ccc2o1. The van der Waals surface area contributed by atoms with Gasteiger partial charge in [-0.1, -0.05) is 17.8 Å². The maximum Gasteiger partial charge on any atom is 0.258 e. The Labute approximate surface area is 167 Å². The third-order valence-corrected chi connectivity index (χ3v) is 5.47. The first-order valence-electron chi connectivity index (χ1n) is 8.88. The quantitative estimate of drug-likeness (QED) is 0.495. The van der Waals surface area contributed by atoms with Crippen LogP contribution in [0.25, 0.3) is 11.1 Å². The fourth-order valence-corrected chi connectivity index (χ4v) is 3.83. The van der Waals surface area contributed by atoms with Crippen LogP contribution in [-0.4, -0.2) is 15.9 Å². The topological polar surface area (TPSA) is 68.0 Å². The number of pyridine rings is 1. The summed E-state index contributed by atoms with van der Waals surface area (Å²) < 4.78 is 5.48. The van der Waals surface area contributed by atoms with Crippen molar-refractivity contribution in [1.82, 2.24) is 9.97 Å². The van der Waals surface area contributed by atoms with E-state index in [1.165, 1.54) is 22.9 Å². The molecule has 140 valence electrons. The van der Waals surface area contributed by atoms with Gasteiger partial charge in [-0.15, -0.1) is 0 Å². The second kappa shape index (κ2) is 7.48. The van der Waals surface area contributed by atoms with E-state index in [1.54, 1.807) is 43.5 Å². The predicted molar refractivity (Wildman–Crippen MR) is 111 cm³/mol. The number of benzene rings is 2. The van der Waals surface area contributed by atoms with Crippen molar-refractivity contribution in [2.24, 2.45) is 0 Å². The van der Waals surface area contributed by atoms with Crippen LogP contribution in [0.4, 0.5) is 5.69 Å². The summed E-state index contributed by atoms with van der Waals surface area (Å²) in [6.45, 7) is 5.95. The zero-order chi connectivity index (χ0) is 19.7. The maximum absolute atomic E-state index is 12.9. The number of nitrogens with zero attached hydrogens (tertiary/aromatic N) is 2. The number of carbonyl (C=O) groups is 1. The molecule has 0 unspecified atom stereocenters. The molecule has 0 spiro atoms. The van der Waals surface area contributed by atoms with Crippen molar-refractivity contribution in [1.29, 1.82) is 0 Å². The number of amides is 1. The molecule has 2 aromatic carbocycles. The standard InChI is InChI=1S/C22H19N3O2S/c1-13-6-8-17(11-14(13)2)28-22-18(5-4-10-23-22)21(26)25-16-7-9-20-19(12-16)24-15(3)27-20/h4-12H,1-3H3,(H,25,26). The van der Waals surface area contributed by atoms with Gasteiger partial charge in [0.2, 0.25) is 0 Å². The van der Waals surface area contributed by atoms with Gasteiger partial charge < -0.3 is 9.73 Å². The van der Waals surface area contributed by atoms with Gasteiger partial charge in [0.15, 0.2) is 11.5 Å². The highest BCUT2D eigenvalue weighted by Gasteiger charge is 2.15. The first kappa shape index (κ1) is 18.3. The number of fused-ring (bicyclic) bond motifs is 1. The molecule has 28 heavy (non-hydrogen) atoms. The van der Waals surface area contributed by atoms with Crippen LogP contribution in [0.1, 0.15) is 27.4 Å². The summed E-state index contributed by atoms with van der Waals surface area (Å²) in [7, 11) is 0. The summed E-state index contributed by atoms with van der Waals surface area (Å²) in [4.78, 5) is 22.7. The maximum atomic E-state index is 12.9. The summed E-state index contributed by atoms with van der Waals surface area (Å²) in [6.07, 6.45) is 1.70. The van der Waals surface area contributed by atoms with Crippen molar-refractivity contribution in [2.45, 2.75) is 30.7 Å². The normalized spacial score (nSPS) is 11.0. The molecule has 2 aromatic heterocycles. The Morgan fingerprint density at radius 1 is 1.04 bits per heavy atom. The van der Waals surface area contributed by atoms with E-state index in [0.29, 0.717) is 33.3 Å². The summed E-state index contributed by atoms with van der Waals surface area (Å²) in [5.74, 6) is 0.386. The number of oxazole rings is 1. The fraction of sp³-hybridized carbons (Fsp3) is 0.136. The van der Waals surface area contributed by atoms with E-state index in [2.05, 4.69) is 41.3 Å². The van der Waals surface area contributed by atoms with Gasteiger partial charge in [-0.2, -0.15) is 0 Å². The molecule has 0 radical (unpaired) electrons. The van der Waals surface area contributed by atoms with Crippen LogP contribution in [0.15, 0.2) is 69.1 Å². The van der Waals surface area contributed by atoms with Crippen molar-refractivity contribution in [3.63, 3.8) is 0 Å². The van der Waals surface area contributed by atoms with Crippen LogP contribution in [0.2, 0.25) is 0 Å². The number of hydrogen-bond acceptors (Lipinski definition) is 5. The highest BCUT2D eigenvalue weighted by Crippen LogP contribution is 2.30. The molecule has 0 bridgehead atoms. The Morgan fingerprint density at radius 2 is 1.89 bits per heavy atom. The lowest BCUT2D eigenvalue weighted by Gasteiger charge is -2.10. The van der Waals surface area contributed by atoms with E-state index in [1.807, 2.05) is 6.07 Å². The zero-order valence-corrected chi connectivity index (χ0v) is 16.6. The predicted octanol–water partition coefficient (Wildman–Crippen LogP) is 5.55. The van der Waals surface area contributed by atoms with Crippen molar-refractivity contribution in [2.75, 3.05) is 5.32 Å². The summed E-state index contributed by atoms with van der Waals surface area (Å²) in [5.41, 5.74) is 5.05. The molecule has 0 aliphatic carbocycles. The molecule has 4 rings (SSSR count). The lowest BCUT2D eigenvalue weighted by Crippen LogP contribution is -2.13. The molecular formula is C22H19N3O2S. The number of hydrogen-bond donors (Lipinski definition) is 1. The summed E-state index contributed by atoms with van der Waals surface area (Å²) in [6, 6.07) is 15.2. The first-order valence-corrected chi connectivity index (χ1v) is 9.70. The van der Waals surface area contributed by atoms with Crippen molar-refractivity contribution >= 4 is 34.5 Å². The minimum absolute atomic E-state index is 0.209. The molecular weight excluding hydrogens is 370 g/mol. The summed E-state index contributed by atoms with van der Waals surface area (Å²) >= 11 is 1.48. The summed E-state index contributed by atoms with van der Waals surface area (Å²) in [5, 5.41) is 3.60. The smallest absolute Gasteiger partial charge is 0.258 e. The zero-order valence-electron chi connectivity index (χ0n) is 15.8. The molecule has 6 heteroatoms. The van der Waals surface area contributed by atoms with E-state index in [0.717, 1.165) is 4.90 Å². The van der Waals surface area contributed by atoms with E-state index in [9.17, 15) is 4.79 Å². The molecule has 1 N–H and O–H groups in total. The average Bonchev–Trinajstić information content (AvgIpc) is 3.04. The Kier molecular flexibility index (Phi) is 4.88. The van der Waals surface area contributed by atoms with Crippen molar-refractivity contribution in [3.05, 3.63) is 77.3 Å². The highest BCUT2D eigenvalue weighted by atomic mass is 32.2. The van der Waals surface area contributed by atoms with Gasteiger partial charge in [0.05, 0.1) is 5.56 Å². The Morgan fingerprint density at radius 3 is 2.71 bits per heavy atom. The monoisotopic (exact) mass is 389 g/mol. The van der Waals surface area contributed by atoms with Crippen LogP contribution >= 0.6 is 11.8 Å². The highest BCUT2D eigenvalue weighted by molar-refractivity contribution is 7.99.